The normalized spacial score (nSPS) is 11.8. The Bertz CT molecular complexity index is 319. The van der Waals surface area contributed by atoms with Crippen molar-refractivity contribution in [3.05, 3.63) is 24.6 Å². The average molecular weight is 191 g/mol. The Kier molecular flexibility index (Phi) is 5.80. The number of carbonyl (C=O) groups is 1. The molecule has 0 rings (SSSR count). The second-order valence-corrected chi connectivity index (χ2v) is 2.51. The topological polar surface area (TPSA) is 38.7 Å². The summed E-state index contributed by atoms with van der Waals surface area (Å²) in [5.41, 5.74) is 0.300. The number of terminal acetylenes is 1. The van der Waals surface area contributed by atoms with Gasteiger partial charge in [-0.3, -0.25) is 4.79 Å². The average Bonchev–Trinajstić information content (AvgIpc) is 2.15. The third-order valence-electron chi connectivity index (χ3n) is 1.32. The van der Waals surface area contributed by atoms with Crippen LogP contribution in [0, 0.1) is 12.3 Å². The number of allylic oxidation sites excluding steroid dienone is 2. The molecule has 74 valence electrons. The van der Waals surface area contributed by atoms with Gasteiger partial charge in [-0.15, -0.1) is 6.42 Å². The summed E-state index contributed by atoms with van der Waals surface area (Å²) in [5, 5.41) is 0. The number of Topliss-reactive ketones (excluding diaryl/α,β-unsaturated/α-hetero) is 1. The van der Waals surface area contributed by atoms with E-state index in [1.807, 2.05) is 0 Å². The van der Waals surface area contributed by atoms with Gasteiger partial charge in [0.25, 0.3) is 0 Å². The Morgan fingerprint density at radius 2 is 2.29 bits per heavy atom. The van der Waals surface area contributed by atoms with E-state index in [0.29, 0.717) is 11.5 Å². The lowest BCUT2D eigenvalue weighted by atomic mass is 10.3. The third-order valence-corrected chi connectivity index (χ3v) is 1.32. The maximum atomic E-state index is 10.9. The molecule has 3 heteroatoms. The van der Waals surface area contributed by atoms with Gasteiger partial charge in [0.05, 0.1) is 6.20 Å². The van der Waals surface area contributed by atoms with Crippen molar-refractivity contribution in [3.8, 4) is 12.3 Å². The smallest absolute Gasteiger partial charge is 0.178 e. The van der Waals surface area contributed by atoms with Crippen LogP contribution in [0.1, 0.15) is 13.8 Å². The van der Waals surface area contributed by atoms with Crippen molar-refractivity contribution < 1.29 is 9.53 Å². The molecule has 0 N–H and O–H groups in total. The van der Waals surface area contributed by atoms with E-state index in [1.165, 1.54) is 19.2 Å². The molecule has 14 heavy (non-hydrogen) atoms. The van der Waals surface area contributed by atoms with Gasteiger partial charge in [0, 0.05) is 6.92 Å². The molecule has 0 saturated heterocycles. The van der Waals surface area contributed by atoms with Crippen LogP contribution in [0.2, 0.25) is 0 Å². The number of hydrogen-bond donors (Lipinski definition) is 0. The van der Waals surface area contributed by atoms with Crippen molar-refractivity contribution in [1.82, 2.24) is 0 Å². The van der Waals surface area contributed by atoms with Crippen molar-refractivity contribution in [3.63, 3.8) is 0 Å². The number of ketones is 1. The van der Waals surface area contributed by atoms with E-state index in [-0.39, 0.29) is 12.4 Å². The van der Waals surface area contributed by atoms with Gasteiger partial charge in [-0.2, -0.15) is 0 Å². The SMILES string of the molecule is C#CCO/C(C)=C/N=C(C=C)C(C)=O. The highest BCUT2D eigenvalue weighted by Gasteiger charge is 1.97. The summed E-state index contributed by atoms with van der Waals surface area (Å²) >= 11 is 0. The molecular formula is C11H13NO2. The van der Waals surface area contributed by atoms with Crippen molar-refractivity contribution in [2.24, 2.45) is 4.99 Å². The van der Waals surface area contributed by atoms with E-state index in [0.717, 1.165) is 0 Å². The van der Waals surface area contributed by atoms with Gasteiger partial charge in [-0.05, 0) is 13.0 Å². The highest BCUT2D eigenvalue weighted by atomic mass is 16.5. The van der Waals surface area contributed by atoms with Crippen molar-refractivity contribution in [2.45, 2.75) is 13.8 Å². The molecule has 0 heterocycles. The second-order valence-electron chi connectivity index (χ2n) is 2.51. The van der Waals surface area contributed by atoms with Gasteiger partial charge in [0.1, 0.15) is 18.1 Å². The molecule has 0 aromatic heterocycles. The summed E-state index contributed by atoms with van der Waals surface area (Å²) in [6, 6.07) is 0. The number of ether oxygens (including phenoxy) is 1. The maximum absolute atomic E-state index is 10.9. The molecule has 0 bridgehead atoms. The Hall–Kier alpha value is -1.82. The quantitative estimate of drug-likeness (QED) is 0.377. The molecule has 0 spiro atoms. The molecule has 0 aromatic rings. The first-order valence-electron chi connectivity index (χ1n) is 4.06. The van der Waals surface area contributed by atoms with Crippen LogP contribution in [-0.2, 0) is 9.53 Å². The number of rotatable bonds is 5. The fourth-order valence-corrected chi connectivity index (χ4v) is 0.641. The van der Waals surface area contributed by atoms with E-state index in [4.69, 9.17) is 11.2 Å². The fraction of sp³-hybridized carbons (Fsp3) is 0.273. The number of aliphatic imine (C=N–C) groups is 1. The van der Waals surface area contributed by atoms with Crippen LogP contribution in [0.25, 0.3) is 0 Å². The van der Waals surface area contributed by atoms with E-state index in [9.17, 15) is 4.79 Å². The molecule has 0 aliphatic heterocycles. The van der Waals surface area contributed by atoms with Crippen LogP contribution in [0.3, 0.4) is 0 Å². The zero-order chi connectivity index (χ0) is 11.0. The van der Waals surface area contributed by atoms with Crippen molar-refractivity contribution >= 4 is 11.5 Å². The van der Waals surface area contributed by atoms with Crippen LogP contribution >= 0.6 is 0 Å². The molecule has 0 amide bonds. The van der Waals surface area contributed by atoms with Crippen LogP contribution in [0.15, 0.2) is 29.6 Å². The standard InChI is InChI=1S/C11H13NO2/c1-5-7-14-9(3)8-12-11(6-2)10(4)13/h1,6,8H,2,7H2,3-4H3/b9-8+,12-11?. The van der Waals surface area contributed by atoms with Crippen LogP contribution in [-0.4, -0.2) is 18.1 Å². The predicted octanol–water partition coefficient (Wildman–Crippen LogP) is 1.71. The van der Waals surface area contributed by atoms with Gasteiger partial charge in [-0.1, -0.05) is 12.5 Å². The molecule has 0 aliphatic carbocycles. The zero-order valence-electron chi connectivity index (χ0n) is 8.41. The maximum Gasteiger partial charge on any atom is 0.178 e. The first-order chi connectivity index (χ1) is 6.61. The van der Waals surface area contributed by atoms with Gasteiger partial charge < -0.3 is 4.74 Å². The van der Waals surface area contributed by atoms with Gasteiger partial charge in [-0.25, -0.2) is 4.99 Å². The van der Waals surface area contributed by atoms with Crippen LogP contribution in [0.5, 0.6) is 0 Å². The fourth-order valence-electron chi connectivity index (χ4n) is 0.641. The number of hydrogen-bond acceptors (Lipinski definition) is 3. The minimum atomic E-state index is -0.138. The summed E-state index contributed by atoms with van der Waals surface area (Å²) in [5.74, 6) is 2.75. The minimum absolute atomic E-state index is 0.138. The summed E-state index contributed by atoms with van der Waals surface area (Å²) < 4.78 is 5.04. The van der Waals surface area contributed by atoms with Crippen LogP contribution < -0.4 is 0 Å². The first kappa shape index (κ1) is 12.2. The number of nitrogens with zero attached hydrogens (tertiary/aromatic N) is 1. The predicted molar refractivity (Wildman–Crippen MR) is 56.9 cm³/mol. The van der Waals surface area contributed by atoms with Crippen molar-refractivity contribution in [1.29, 1.82) is 0 Å². The van der Waals surface area contributed by atoms with E-state index < -0.39 is 0 Å². The number of carbonyl (C=O) groups excluding carboxylic acids is 1. The molecular weight excluding hydrogens is 178 g/mol. The summed E-state index contributed by atoms with van der Waals surface area (Å²) in [4.78, 5) is 14.8. The van der Waals surface area contributed by atoms with E-state index >= 15 is 0 Å². The Morgan fingerprint density at radius 3 is 2.71 bits per heavy atom. The zero-order valence-corrected chi connectivity index (χ0v) is 8.41. The minimum Gasteiger partial charge on any atom is -0.484 e. The highest BCUT2D eigenvalue weighted by molar-refractivity contribution is 6.43. The molecule has 0 aliphatic rings. The lowest BCUT2D eigenvalue weighted by Crippen LogP contribution is -2.05. The van der Waals surface area contributed by atoms with Crippen LogP contribution in [0.4, 0.5) is 0 Å². The molecule has 0 saturated carbocycles. The second kappa shape index (κ2) is 6.67. The third kappa shape index (κ3) is 4.94. The Balaban J connectivity index is 4.43. The summed E-state index contributed by atoms with van der Waals surface area (Å²) in [6.07, 6.45) is 7.84. The Labute approximate surface area is 84.2 Å². The molecule has 0 fully saturated rings. The van der Waals surface area contributed by atoms with Crippen molar-refractivity contribution in [2.75, 3.05) is 6.61 Å². The van der Waals surface area contributed by atoms with E-state index in [1.54, 1.807) is 6.92 Å². The molecule has 0 radical (unpaired) electrons. The molecule has 0 aromatic carbocycles. The Morgan fingerprint density at radius 1 is 1.64 bits per heavy atom. The van der Waals surface area contributed by atoms with Gasteiger partial charge in [0.15, 0.2) is 5.78 Å². The largest absolute Gasteiger partial charge is 0.484 e. The summed E-state index contributed by atoms with van der Waals surface area (Å²) in [6.45, 7) is 6.80. The lowest BCUT2D eigenvalue weighted by molar-refractivity contribution is -0.111. The monoisotopic (exact) mass is 191 g/mol. The molecule has 3 nitrogen and oxygen atoms in total. The van der Waals surface area contributed by atoms with Gasteiger partial charge in [0.2, 0.25) is 0 Å². The summed E-state index contributed by atoms with van der Waals surface area (Å²) in [7, 11) is 0. The highest BCUT2D eigenvalue weighted by Crippen LogP contribution is 1.96. The first-order valence-corrected chi connectivity index (χ1v) is 4.06. The molecule has 0 atom stereocenters. The molecule has 0 unspecified atom stereocenters. The van der Waals surface area contributed by atoms with E-state index in [2.05, 4.69) is 17.5 Å². The lowest BCUT2D eigenvalue weighted by Gasteiger charge is -1.99. The van der Waals surface area contributed by atoms with Gasteiger partial charge >= 0.3 is 0 Å².